The Bertz CT molecular complexity index is 1080. The number of ether oxygens (including phenoxy) is 2. The third kappa shape index (κ3) is 5.69. The zero-order chi connectivity index (χ0) is 23.6. The van der Waals surface area contributed by atoms with E-state index < -0.39 is 23.7 Å². The van der Waals surface area contributed by atoms with Gasteiger partial charge in [-0.1, -0.05) is 13.8 Å². The SMILES string of the molecule is Cc1cc(OC(=O)C(CC(C)C)NC(=O)OC(C)(C)C)c2c3c(c(=O)oc2c1)CCCC3. The summed E-state index contributed by atoms with van der Waals surface area (Å²) in [6.07, 6.45) is 3.01. The van der Waals surface area contributed by atoms with Crippen LogP contribution in [-0.4, -0.2) is 23.7 Å². The number of esters is 1. The molecule has 1 aromatic carbocycles. The monoisotopic (exact) mass is 443 g/mol. The van der Waals surface area contributed by atoms with Crippen LogP contribution in [0.2, 0.25) is 0 Å². The summed E-state index contributed by atoms with van der Waals surface area (Å²) in [4.78, 5) is 37.9. The lowest BCUT2D eigenvalue weighted by Gasteiger charge is -2.24. The predicted molar refractivity (Wildman–Crippen MR) is 122 cm³/mol. The van der Waals surface area contributed by atoms with Gasteiger partial charge in [-0.3, -0.25) is 0 Å². The van der Waals surface area contributed by atoms with Crippen molar-refractivity contribution in [2.45, 2.75) is 85.3 Å². The number of fused-ring (bicyclic) bond motifs is 3. The van der Waals surface area contributed by atoms with Gasteiger partial charge in [0.25, 0.3) is 0 Å². The van der Waals surface area contributed by atoms with Crippen molar-refractivity contribution in [1.82, 2.24) is 5.32 Å². The van der Waals surface area contributed by atoms with Gasteiger partial charge in [-0.2, -0.15) is 0 Å². The van der Waals surface area contributed by atoms with Gasteiger partial charge in [0.15, 0.2) is 0 Å². The highest BCUT2D eigenvalue weighted by atomic mass is 16.6. The molecule has 1 amide bonds. The lowest BCUT2D eigenvalue weighted by Crippen LogP contribution is -2.45. The first-order valence-electron chi connectivity index (χ1n) is 11.2. The summed E-state index contributed by atoms with van der Waals surface area (Å²) in [5, 5.41) is 3.32. The number of rotatable bonds is 5. The molecule has 1 atom stereocenters. The average Bonchev–Trinajstić information content (AvgIpc) is 2.65. The van der Waals surface area contributed by atoms with Crippen LogP contribution in [0, 0.1) is 12.8 Å². The van der Waals surface area contributed by atoms with E-state index in [-0.39, 0.29) is 11.5 Å². The standard InChI is InChI=1S/C25H33NO6/c1-14(2)11-18(26-24(29)32-25(4,5)6)23(28)31-20-13-15(3)12-19-21(20)16-9-7-8-10-17(16)22(27)30-19/h12-14,18H,7-11H2,1-6H3,(H,26,29). The van der Waals surface area contributed by atoms with E-state index in [2.05, 4.69) is 5.32 Å². The number of hydrogen-bond acceptors (Lipinski definition) is 6. The van der Waals surface area contributed by atoms with E-state index in [1.165, 1.54) is 0 Å². The molecule has 1 aliphatic carbocycles. The quantitative estimate of drug-likeness (QED) is 0.404. The first-order valence-corrected chi connectivity index (χ1v) is 11.2. The molecule has 3 rings (SSSR count). The minimum Gasteiger partial charge on any atom is -0.444 e. The molecule has 1 aliphatic rings. The number of carbonyl (C=O) groups is 2. The second-order valence-corrected chi connectivity index (χ2v) is 9.94. The summed E-state index contributed by atoms with van der Waals surface area (Å²) in [6, 6.07) is 2.69. The van der Waals surface area contributed by atoms with Crippen LogP contribution in [0.25, 0.3) is 11.0 Å². The topological polar surface area (TPSA) is 94.8 Å². The van der Waals surface area contributed by atoms with Crippen LogP contribution in [0.15, 0.2) is 21.3 Å². The number of alkyl carbamates (subject to hydrolysis) is 1. The van der Waals surface area contributed by atoms with Crippen molar-refractivity contribution in [3.63, 3.8) is 0 Å². The Kier molecular flexibility index (Phi) is 6.96. The number of aryl methyl sites for hydroxylation is 2. The normalized spacial score (nSPS) is 14.7. The van der Waals surface area contributed by atoms with Gasteiger partial charge in [0.05, 0.1) is 5.39 Å². The maximum absolute atomic E-state index is 13.2. The highest BCUT2D eigenvalue weighted by molar-refractivity contribution is 5.92. The molecule has 0 fully saturated rings. The number of hydrogen-bond donors (Lipinski definition) is 1. The molecule has 2 aromatic rings. The molecule has 0 spiro atoms. The molecule has 1 N–H and O–H groups in total. The summed E-state index contributed by atoms with van der Waals surface area (Å²) in [6.45, 7) is 11.1. The van der Waals surface area contributed by atoms with E-state index in [1.54, 1.807) is 32.9 Å². The van der Waals surface area contributed by atoms with Gasteiger partial charge in [0.2, 0.25) is 0 Å². The molecule has 0 saturated heterocycles. The zero-order valence-corrected chi connectivity index (χ0v) is 19.8. The maximum atomic E-state index is 13.2. The minimum absolute atomic E-state index is 0.141. The Morgan fingerprint density at radius 1 is 1.12 bits per heavy atom. The van der Waals surface area contributed by atoms with Gasteiger partial charge in [0, 0.05) is 5.56 Å². The van der Waals surface area contributed by atoms with Crippen molar-refractivity contribution < 1.29 is 23.5 Å². The molecule has 0 radical (unpaired) electrons. The van der Waals surface area contributed by atoms with Gasteiger partial charge in [-0.25, -0.2) is 14.4 Å². The molecule has 1 heterocycles. The van der Waals surface area contributed by atoms with Crippen molar-refractivity contribution in [2.24, 2.45) is 5.92 Å². The number of amides is 1. The lowest BCUT2D eigenvalue weighted by atomic mass is 9.90. The second kappa shape index (κ2) is 9.35. The third-order valence-electron chi connectivity index (χ3n) is 5.32. The van der Waals surface area contributed by atoms with Crippen LogP contribution >= 0.6 is 0 Å². The molecule has 1 unspecified atom stereocenters. The van der Waals surface area contributed by atoms with Crippen molar-refractivity contribution in [3.8, 4) is 5.75 Å². The first kappa shape index (κ1) is 23.8. The van der Waals surface area contributed by atoms with Crippen LogP contribution in [-0.2, 0) is 22.4 Å². The molecule has 7 nitrogen and oxygen atoms in total. The van der Waals surface area contributed by atoms with Crippen molar-refractivity contribution in [1.29, 1.82) is 0 Å². The van der Waals surface area contributed by atoms with E-state index in [1.807, 2.05) is 20.8 Å². The van der Waals surface area contributed by atoms with Gasteiger partial charge < -0.3 is 19.2 Å². The van der Waals surface area contributed by atoms with Crippen LogP contribution in [0.3, 0.4) is 0 Å². The average molecular weight is 444 g/mol. The first-order chi connectivity index (χ1) is 14.9. The van der Waals surface area contributed by atoms with Crippen molar-refractivity contribution in [3.05, 3.63) is 39.2 Å². The van der Waals surface area contributed by atoms with Crippen LogP contribution in [0.4, 0.5) is 4.79 Å². The largest absolute Gasteiger partial charge is 0.444 e. The highest BCUT2D eigenvalue weighted by Crippen LogP contribution is 2.35. The number of carbonyl (C=O) groups excluding carboxylic acids is 2. The smallest absolute Gasteiger partial charge is 0.408 e. The Morgan fingerprint density at radius 3 is 2.41 bits per heavy atom. The summed E-state index contributed by atoms with van der Waals surface area (Å²) in [5.41, 5.74) is 1.78. The van der Waals surface area contributed by atoms with Gasteiger partial charge in [0.1, 0.15) is 23.0 Å². The molecule has 1 aromatic heterocycles. The van der Waals surface area contributed by atoms with Crippen molar-refractivity contribution >= 4 is 23.0 Å². The van der Waals surface area contributed by atoms with Gasteiger partial charge in [-0.05, 0) is 89.0 Å². The molecule has 32 heavy (non-hydrogen) atoms. The number of nitrogens with one attached hydrogen (secondary N) is 1. The molecule has 7 heteroatoms. The van der Waals surface area contributed by atoms with Gasteiger partial charge in [-0.15, -0.1) is 0 Å². The summed E-state index contributed by atoms with van der Waals surface area (Å²) < 4.78 is 16.7. The zero-order valence-electron chi connectivity index (χ0n) is 19.8. The molecular formula is C25H33NO6. The summed E-state index contributed by atoms with van der Waals surface area (Å²) in [5.74, 6) is -0.0821. The maximum Gasteiger partial charge on any atom is 0.408 e. The van der Waals surface area contributed by atoms with E-state index in [0.717, 1.165) is 30.4 Å². The lowest BCUT2D eigenvalue weighted by molar-refractivity contribution is -0.137. The van der Waals surface area contributed by atoms with E-state index in [4.69, 9.17) is 13.9 Å². The fourth-order valence-corrected chi connectivity index (χ4v) is 4.06. The second-order valence-electron chi connectivity index (χ2n) is 9.94. The van der Waals surface area contributed by atoms with Crippen LogP contribution in [0.1, 0.15) is 70.6 Å². The third-order valence-corrected chi connectivity index (χ3v) is 5.32. The summed E-state index contributed by atoms with van der Waals surface area (Å²) >= 11 is 0. The molecule has 0 saturated carbocycles. The summed E-state index contributed by atoms with van der Waals surface area (Å²) in [7, 11) is 0. The van der Waals surface area contributed by atoms with E-state index >= 15 is 0 Å². The van der Waals surface area contributed by atoms with E-state index in [0.29, 0.717) is 35.1 Å². The fraction of sp³-hybridized carbons (Fsp3) is 0.560. The number of benzene rings is 1. The van der Waals surface area contributed by atoms with Crippen LogP contribution in [0.5, 0.6) is 5.75 Å². The minimum atomic E-state index is -0.869. The van der Waals surface area contributed by atoms with Crippen molar-refractivity contribution in [2.75, 3.05) is 0 Å². The van der Waals surface area contributed by atoms with Crippen LogP contribution < -0.4 is 15.7 Å². The Morgan fingerprint density at radius 2 is 1.78 bits per heavy atom. The Hall–Kier alpha value is -2.83. The molecule has 0 bridgehead atoms. The van der Waals surface area contributed by atoms with Gasteiger partial charge >= 0.3 is 17.7 Å². The molecular weight excluding hydrogens is 410 g/mol. The Labute approximate surface area is 188 Å². The fourth-order valence-electron chi connectivity index (χ4n) is 4.06. The predicted octanol–water partition coefficient (Wildman–Crippen LogP) is 4.83. The van der Waals surface area contributed by atoms with E-state index in [9.17, 15) is 14.4 Å². The molecule has 174 valence electrons. The highest BCUT2D eigenvalue weighted by Gasteiger charge is 2.28. The molecule has 0 aliphatic heterocycles. The Balaban J connectivity index is 1.96.